The van der Waals surface area contributed by atoms with Gasteiger partial charge in [0.1, 0.15) is 5.75 Å². The Morgan fingerprint density at radius 1 is 0.912 bits per heavy atom. The number of benzene rings is 2. The van der Waals surface area contributed by atoms with E-state index in [0.29, 0.717) is 23.5 Å². The van der Waals surface area contributed by atoms with Crippen LogP contribution in [-0.4, -0.2) is 51.9 Å². The second kappa shape index (κ2) is 9.16. The fourth-order valence-electron chi connectivity index (χ4n) is 5.13. The molecular formula is C27H26N4O2S. The summed E-state index contributed by atoms with van der Waals surface area (Å²) in [6.45, 7) is 4.78. The molecule has 4 heterocycles. The lowest BCUT2D eigenvalue weighted by Crippen LogP contribution is -2.34. The number of para-hydroxylation sites is 1. The van der Waals surface area contributed by atoms with Gasteiger partial charge in [0.15, 0.2) is 0 Å². The minimum Gasteiger partial charge on any atom is -0.431 e. The number of thiazole rings is 1. The van der Waals surface area contributed by atoms with Crippen LogP contribution in [0.1, 0.15) is 11.1 Å². The molecule has 1 amide bonds. The molecule has 0 N–H and O–H groups in total. The molecule has 2 saturated heterocycles. The lowest BCUT2D eigenvalue weighted by Gasteiger charge is -2.22. The number of nitrogens with zero attached hydrogens (tertiary/aromatic N) is 4. The molecule has 2 aromatic heterocycles. The Hall–Kier alpha value is -3.29. The second-order valence-electron chi connectivity index (χ2n) is 9.24. The maximum atomic E-state index is 12.7. The molecule has 4 aromatic rings. The van der Waals surface area contributed by atoms with Crippen molar-refractivity contribution in [1.29, 1.82) is 0 Å². The molecule has 0 radical (unpaired) electrons. The number of ether oxygens (including phenoxy) is 1. The Kier molecular flexibility index (Phi) is 5.73. The lowest BCUT2D eigenvalue weighted by molar-refractivity contribution is -0.129. The Labute approximate surface area is 202 Å². The van der Waals surface area contributed by atoms with Gasteiger partial charge >= 0.3 is 0 Å². The highest BCUT2D eigenvalue weighted by Gasteiger charge is 2.41. The molecular weight excluding hydrogens is 444 g/mol. The molecule has 2 atom stereocenters. The minimum atomic E-state index is 0.232. The zero-order valence-corrected chi connectivity index (χ0v) is 19.7. The summed E-state index contributed by atoms with van der Waals surface area (Å²) in [6, 6.07) is 20.2. The van der Waals surface area contributed by atoms with E-state index in [4.69, 9.17) is 4.74 Å². The van der Waals surface area contributed by atoms with E-state index in [1.54, 1.807) is 23.7 Å². The van der Waals surface area contributed by atoms with E-state index in [1.165, 1.54) is 5.56 Å². The number of amides is 1. The Morgan fingerprint density at radius 3 is 2.38 bits per heavy atom. The Morgan fingerprint density at radius 2 is 1.65 bits per heavy atom. The van der Waals surface area contributed by atoms with E-state index in [1.807, 2.05) is 42.5 Å². The molecule has 172 valence electrons. The quantitative estimate of drug-likeness (QED) is 0.412. The molecule has 2 aromatic carbocycles. The third-order valence-corrected chi connectivity index (χ3v) is 7.74. The fraction of sp³-hybridized carbons (Fsp3) is 0.296. The molecule has 2 fully saturated rings. The van der Waals surface area contributed by atoms with Crippen molar-refractivity contribution in [3.63, 3.8) is 0 Å². The molecule has 2 aliphatic rings. The fourth-order valence-corrected chi connectivity index (χ4v) is 5.96. The largest absolute Gasteiger partial charge is 0.431 e. The SMILES string of the molecule is O=C(Cc1ccncc1)N1CC2CN(Cc3ccc(Oc4nc5ccccc5s4)cc3)CC2C1. The Balaban J connectivity index is 1.01. The first-order valence-electron chi connectivity index (χ1n) is 11.7. The van der Waals surface area contributed by atoms with Crippen molar-refractivity contribution in [2.24, 2.45) is 11.8 Å². The van der Waals surface area contributed by atoms with Crippen LogP contribution in [0.15, 0.2) is 73.1 Å². The summed E-state index contributed by atoms with van der Waals surface area (Å²) in [5, 5.41) is 0.671. The first-order chi connectivity index (χ1) is 16.7. The number of hydrogen-bond donors (Lipinski definition) is 0. The summed E-state index contributed by atoms with van der Waals surface area (Å²) in [4.78, 5) is 25.9. The van der Waals surface area contributed by atoms with Gasteiger partial charge in [0.05, 0.1) is 16.6 Å². The number of carbonyl (C=O) groups is 1. The van der Waals surface area contributed by atoms with Crippen LogP contribution < -0.4 is 4.74 Å². The van der Waals surface area contributed by atoms with Crippen LogP contribution >= 0.6 is 11.3 Å². The van der Waals surface area contributed by atoms with Crippen LogP contribution in [0, 0.1) is 11.8 Å². The van der Waals surface area contributed by atoms with Gasteiger partial charge in [0, 0.05) is 45.1 Å². The van der Waals surface area contributed by atoms with Gasteiger partial charge in [0.25, 0.3) is 5.19 Å². The topological polar surface area (TPSA) is 58.6 Å². The highest BCUT2D eigenvalue weighted by atomic mass is 32.1. The van der Waals surface area contributed by atoms with Crippen molar-refractivity contribution >= 4 is 27.5 Å². The Bertz CT molecular complexity index is 1240. The van der Waals surface area contributed by atoms with Gasteiger partial charge in [-0.1, -0.05) is 35.6 Å². The zero-order chi connectivity index (χ0) is 22.9. The molecule has 34 heavy (non-hydrogen) atoms. The van der Waals surface area contributed by atoms with Crippen LogP contribution in [0.2, 0.25) is 0 Å². The van der Waals surface area contributed by atoms with Crippen molar-refractivity contribution in [1.82, 2.24) is 19.8 Å². The monoisotopic (exact) mass is 470 g/mol. The van der Waals surface area contributed by atoms with E-state index >= 15 is 0 Å². The van der Waals surface area contributed by atoms with E-state index in [0.717, 1.165) is 54.3 Å². The zero-order valence-electron chi connectivity index (χ0n) is 18.8. The average Bonchev–Trinajstić information content (AvgIpc) is 3.54. The molecule has 6 nitrogen and oxygen atoms in total. The third-order valence-electron chi connectivity index (χ3n) is 6.83. The maximum absolute atomic E-state index is 12.7. The van der Waals surface area contributed by atoms with Crippen LogP contribution in [0.25, 0.3) is 10.2 Å². The molecule has 2 aliphatic heterocycles. The van der Waals surface area contributed by atoms with E-state index in [2.05, 4.69) is 38.0 Å². The molecule has 2 unspecified atom stereocenters. The van der Waals surface area contributed by atoms with Crippen molar-refractivity contribution < 1.29 is 9.53 Å². The second-order valence-corrected chi connectivity index (χ2v) is 10.2. The molecule has 6 rings (SSSR count). The van der Waals surface area contributed by atoms with Crippen LogP contribution in [0.5, 0.6) is 10.9 Å². The highest BCUT2D eigenvalue weighted by Crippen LogP contribution is 2.33. The predicted octanol–water partition coefficient (Wildman–Crippen LogP) is 4.62. The maximum Gasteiger partial charge on any atom is 0.279 e. The first-order valence-corrected chi connectivity index (χ1v) is 12.5. The number of carbonyl (C=O) groups excluding carboxylic acids is 1. The van der Waals surface area contributed by atoms with Crippen LogP contribution in [0.4, 0.5) is 0 Å². The number of rotatable bonds is 6. The summed E-state index contributed by atoms with van der Waals surface area (Å²) in [7, 11) is 0. The van der Waals surface area contributed by atoms with Crippen molar-refractivity contribution in [3.05, 3.63) is 84.2 Å². The lowest BCUT2D eigenvalue weighted by atomic mass is 10.0. The van der Waals surface area contributed by atoms with E-state index < -0.39 is 0 Å². The van der Waals surface area contributed by atoms with Crippen LogP contribution in [-0.2, 0) is 17.8 Å². The standard InChI is InChI=1S/C27H26N4O2S/c32-26(13-19-9-11-28-12-10-19)31-17-21-15-30(16-22(21)18-31)14-20-5-7-23(8-6-20)33-27-29-24-3-1-2-4-25(24)34-27/h1-12,21-22H,13-18H2. The normalized spacial score (nSPS) is 20.1. The number of pyridine rings is 1. The van der Waals surface area contributed by atoms with Crippen molar-refractivity contribution in [3.8, 4) is 10.9 Å². The number of aromatic nitrogens is 2. The molecule has 0 spiro atoms. The summed E-state index contributed by atoms with van der Waals surface area (Å²) >= 11 is 1.56. The van der Waals surface area contributed by atoms with Gasteiger partial charge in [-0.05, 0) is 59.4 Å². The third kappa shape index (κ3) is 4.54. The smallest absolute Gasteiger partial charge is 0.279 e. The summed E-state index contributed by atoms with van der Waals surface area (Å²) in [5.74, 6) is 2.19. The summed E-state index contributed by atoms with van der Waals surface area (Å²) in [5.41, 5.74) is 3.29. The van der Waals surface area contributed by atoms with E-state index in [-0.39, 0.29) is 5.91 Å². The summed E-state index contributed by atoms with van der Waals surface area (Å²) in [6.07, 6.45) is 3.97. The van der Waals surface area contributed by atoms with Crippen LogP contribution in [0.3, 0.4) is 0 Å². The first kappa shape index (κ1) is 21.3. The molecule has 0 saturated carbocycles. The molecule has 0 bridgehead atoms. The summed E-state index contributed by atoms with van der Waals surface area (Å²) < 4.78 is 7.11. The van der Waals surface area contributed by atoms with Crippen molar-refractivity contribution in [2.45, 2.75) is 13.0 Å². The van der Waals surface area contributed by atoms with Gasteiger partial charge in [-0.3, -0.25) is 14.7 Å². The average molecular weight is 471 g/mol. The number of fused-ring (bicyclic) bond motifs is 2. The van der Waals surface area contributed by atoms with Gasteiger partial charge in [-0.25, -0.2) is 4.98 Å². The number of likely N-dealkylation sites (tertiary alicyclic amines) is 2. The van der Waals surface area contributed by atoms with Gasteiger partial charge in [-0.2, -0.15) is 0 Å². The molecule has 0 aliphatic carbocycles. The van der Waals surface area contributed by atoms with E-state index in [9.17, 15) is 4.79 Å². The predicted molar refractivity (Wildman–Crippen MR) is 133 cm³/mol. The molecule has 7 heteroatoms. The van der Waals surface area contributed by atoms with Crippen molar-refractivity contribution in [2.75, 3.05) is 26.2 Å². The highest BCUT2D eigenvalue weighted by molar-refractivity contribution is 7.20. The van der Waals surface area contributed by atoms with Gasteiger partial charge in [-0.15, -0.1) is 0 Å². The minimum absolute atomic E-state index is 0.232. The van der Waals surface area contributed by atoms with Gasteiger partial charge in [0.2, 0.25) is 5.91 Å². The van der Waals surface area contributed by atoms with Gasteiger partial charge < -0.3 is 9.64 Å². The number of hydrogen-bond acceptors (Lipinski definition) is 6.